The molecule has 0 N–H and O–H groups in total. The van der Waals surface area contributed by atoms with Gasteiger partial charge in [-0.3, -0.25) is 10.1 Å². The number of nitrogens with zero attached hydrogens (tertiary/aromatic N) is 2. The second kappa shape index (κ2) is 6.09. The zero-order valence-electron chi connectivity index (χ0n) is 12.0. The lowest BCUT2D eigenvalue weighted by Gasteiger charge is -2.19. The molecule has 0 spiro atoms. The van der Waals surface area contributed by atoms with Gasteiger partial charge in [-0.15, -0.1) is 0 Å². The van der Waals surface area contributed by atoms with E-state index in [0.29, 0.717) is 11.5 Å². The predicted octanol–water partition coefficient (Wildman–Crippen LogP) is 3.47. The van der Waals surface area contributed by atoms with Gasteiger partial charge in [-0.25, -0.2) is 9.79 Å². The molecule has 1 aromatic rings. The van der Waals surface area contributed by atoms with Gasteiger partial charge in [0.25, 0.3) is 5.69 Å². The normalized spacial score (nSPS) is 20.8. The fourth-order valence-electron chi connectivity index (χ4n) is 2.80. The van der Waals surface area contributed by atoms with E-state index in [4.69, 9.17) is 4.74 Å². The van der Waals surface area contributed by atoms with Crippen molar-refractivity contribution in [2.45, 2.75) is 32.1 Å². The number of esters is 1. The van der Waals surface area contributed by atoms with E-state index in [0.717, 1.165) is 25.7 Å². The van der Waals surface area contributed by atoms with E-state index in [-0.39, 0.29) is 17.3 Å². The van der Waals surface area contributed by atoms with E-state index in [1.165, 1.54) is 18.6 Å². The molecule has 0 amide bonds. The van der Waals surface area contributed by atoms with Gasteiger partial charge in [0, 0.05) is 18.1 Å². The molecule has 2 aliphatic rings. The summed E-state index contributed by atoms with van der Waals surface area (Å²) in [5.41, 5.74) is 0.961. The van der Waals surface area contributed by atoms with Crippen molar-refractivity contribution in [3.63, 3.8) is 0 Å². The van der Waals surface area contributed by atoms with Gasteiger partial charge in [-0.1, -0.05) is 19.3 Å². The Morgan fingerprint density at radius 2 is 1.86 bits per heavy atom. The lowest BCUT2D eigenvalue weighted by atomic mass is 9.89. The minimum Gasteiger partial charge on any atom is -0.406 e. The molecule has 0 unspecified atom stereocenters. The molecule has 114 valence electrons. The van der Waals surface area contributed by atoms with Crippen molar-refractivity contribution in [1.82, 2.24) is 0 Å². The number of hydrogen-bond acceptors (Lipinski definition) is 5. The number of rotatable bonds is 3. The smallest absolute Gasteiger partial charge is 0.363 e. The summed E-state index contributed by atoms with van der Waals surface area (Å²) in [4.78, 5) is 26.4. The van der Waals surface area contributed by atoms with E-state index in [9.17, 15) is 14.9 Å². The molecule has 0 radical (unpaired) electrons. The van der Waals surface area contributed by atoms with Gasteiger partial charge in [0.15, 0.2) is 5.70 Å². The van der Waals surface area contributed by atoms with Crippen LogP contribution >= 0.6 is 0 Å². The number of hydrogen-bond donors (Lipinski definition) is 0. The second-order valence-electron chi connectivity index (χ2n) is 5.55. The molecule has 1 fully saturated rings. The fraction of sp³-hybridized carbons (Fsp3) is 0.375. The third kappa shape index (κ3) is 3.05. The van der Waals surface area contributed by atoms with Crippen molar-refractivity contribution in [2.24, 2.45) is 10.9 Å². The summed E-state index contributed by atoms with van der Waals surface area (Å²) >= 11 is 0. The Balaban J connectivity index is 1.79. The Morgan fingerprint density at radius 3 is 2.50 bits per heavy atom. The Bertz CT molecular complexity index is 655. The highest BCUT2D eigenvalue weighted by Gasteiger charge is 2.30. The molecule has 1 aliphatic carbocycles. The third-order valence-electron chi connectivity index (χ3n) is 4.00. The molecular formula is C16H16N2O4. The summed E-state index contributed by atoms with van der Waals surface area (Å²) < 4.78 is 5.28. The van der Waals surface area contributed by atoms with Crippen molar-refractivity contribution in [1.29, 1.82) is 0 Å². The summed E-state index contributed by atoms with van der Waals surface area (Å²) in [6.07, 6.45) is 7.13. The van der Waals surface area contributed by atoms with Crippen LogP contribution in [-0.4, -0.2) is 16.8 Å². The summed E-state index contributed by atoms with van der Waals surface area (Å²) in [6.45, 7) is 0. The van der Waals surface area contributed by atoms with Crippen LogP contribution in [0.15, 0.2) is 35.0 Å². The van der Waals surface area contributed by atoms with Gasteiger partial charge in [0.2, 0.25) is 5.90 Å². The number of cyclic esters (lactones) is 1. The summed E-state index contributed by atoms with van der Waals surface area (Å²) in [5, 5.41) is 10.6. The Morgan fingerprint density at radius 1 is 1.18 bits per heavy atom. The number of non-ortho nitro benzene ring substituents is 1. The summed E-state index contributed by atoms with van der Waals surface area (Å²) in [7, 11) is 0. The molecule has 22 heavy (non-hydrogen) atoms. The topological polar surface area (TPSA) is 81.8 Å². The van der Waals surface area contributed by atoms with E-state index >= 15 is 0 Å². The third-order valence-corrected chi connectivity index (χ3v) is 4.00. The van der Waals surface area contributed by atoms with Crippen LogP contribution in [-0.2, 0) is 9.53 Å². The van der Waals surface area contributed by atoms with Crippen molar-refractivity contribution < 1.29 is 14.5 Å². The number of carbonyl (C=O) groups is 1. The quantitative estimate of drug-likeness (QED) is 0.370. The average molecular weight is 300 g/mol. The number of benzene rings is 1. The van der Waals surface area contributed by atoms with Crippen LogP contribution in [0.4, 0.5) is 5.69 Å². The van der Waals surface area contributed by atoms with Crippen molar-refractivity contribution >= 4 is 23.6 Å². The van der Waals surface area contributed by atoms with Crippen LogP contribution in [0.3, 0.4) is 0 Å². The SMILES string of the molecule is O=C1OC(C2CCCCC2)=N/C1=C/c1ccc([N+](=O)[O-])cc1. The summed E-state index contributed by atoms with van der Waals surface area (Å²) in [6, 6.07) is 5.98. The van der Waals surface area contributed by atoms with Gasteiger partial charge in [-0.05, 0) is 36.6 Å². The van der Waals surface area contributed by atoms with Crippen LogP contribution in [0.5, 0.6) is 0 Å². The Kier molecular flexibility index (Phi) is 4.00. The molecule has 1 saturated carbocycles. The number of nitro benzene ring substituents is 1. The van der Waals surface area contributed by atoms with E-state index in [2.05, 4.69) is 4.99 Å². The zero-order chi connectivity index (χ0) is 15.5. The molecule has 0 bridgehead atoms. The van der Waals surface area contributed by atoms with Crippen molar-refractivity contribution in [3.8, 4) is 0 Å². The van der Waals surface area contributed by atoms with Crippen LogP contribution in [0.25, 0.3) is 6.08 Å². The van der Waals surface area contributed by atoms with E-state index in [1.807, 2.05) is 0 Å². The Labute approximate surface area is 127 Å². The first kappa shape index (κ1) is 14.4. The summed E-state index contributed by atoms with van der Waals surface area (Å²) in [5.74, 6) is 0.317. The van der Waals surface area contributed by atoms with E-state index in [1.54, 1.807) is 18.2 Å². The monoisotopic (exact) mass is 300 g/mol. The largest absolute Gasteiger partial charge is 0.406 e. The maximum absolute atomic E-state index is 11.9. The van der Waals surface area contributed by atoms with Gasteiger partial charge in [-0.2, -0.15) is 0 Å². The highest BCUT2D eigenvalue weighted by atomic mass is 16.6. The highest BCUT2D eigenvalue weighted by Crippen LogP contribution is 2.29. The molecule has 1 heterocycles. The molecule has 3 rings (SSSR count). The van der Waals surface area contributed by atoms with Gasteiger partial charge >= 0.3 is 5.97 Å². The lowest BCUT2D eigenvalue weighted by molar-refractivity contribution is -0.384. The zero-order valence-corrected chi connectivity index (χ0v) is 12.0. The standard InChI is InChI=1S/C16H16N2O4/c19-16-14(10-11-6-8-13(9-7-11)18(20)21)17-15(22-16)12-4-2-1-3-5-12/h6-10,12H,1-5H2/b14-10+. The van der Waals surface area contributed by atoms with E-state index < -0.39 is 10.9 Å². The maximum atomic E-state index is 11.9. The highest BCUT2D eigenvalue weighted by molar-refractivity contribution is 6.07. The molecule has 0 aromatic heterocycles. The predicted molar refractivity (Wildman–Crippen MR) is 81.2 cm³/mol. The number of ether oxygens (including phenoxy) is 1. The first-order chi connectivity index (χ1) is 10.6. The van der Waals surface area contributed by atoms with Crippen LogP contribution in [0.2, 0.25) is 0 Å². The van der Waals surface area contributed by atoms with Crippen LogP contribution in [0.1, 0.15) is 37.7 Å². The molecule has 1 aliphatic heterocycles. The van der Waals surface area contributed by atoms with Gasteiger partial charge < -0.3 is 4.74 Å². The average Bonchev–Trinajstić information content (AvgIpc) is 2.90. The number of nitro groups is 1. The van der Waals surface area contributed by atoms with Crippen LogP contribution in [0, 0.1) is 16.0 Å². The van der Waals surface area contributed by atoms with Gasteiger partial charge in [0.05, 0.1) is 4.92 Å². The minimum absolute atomic E-state index is 0.0162. The maximum Gasteiger partial charge on any atom is 0.363 e. The lowest BCUT2D eigenvalue weighted by Crippen LogP contribution is -2.19. The first-order valence-electron chi connectivity index (χ1n) is 7.40. The number of aliphatic imine (C=N–C) groups is 1. The van der Waals surface area contributed by atoms with Crippen molar-refractivity contribution in [2.75, 3.05) is 0 Å². The van der Waals surface area contributed by atoms with Crippen LogP contribution < -0.4 is 0 Å². The molecular weight excluding hydrogens is 284 g/mol. The fourth-order valence-corrected chi connectivity index (χ4v) is 2.80. The minimum atomic E-state index is -0.458. The molecule has 1 aromatic carbocycles. The molecule has 6 heteroatoms. The molecule has 0 atom stereocenters. The Hall–Kier alpha value is -2.50. The molecule has 0 saturated heterocycles. The number of carbonyl (C=O) groups excluding carboxylic acids is 1. The van der Waals surface area contributed by atoms with Gasteiger partial charge in [0.1, 0.15) is 0 Å². The van der Waals surface area contributed by atoms with Crippen molar-refractivity contribution in [3.05, 3.63) is 45.6 Å². The first-order valence-corrected chi connectivity index (χ1v) is 7.40. The molecule has 6 nitrogen and oxygen atoms in total. The second-order valence-corrected chi connectivity index (χ2v) is 5.55.